The van der Waals surface area contributed by atoms with Crippen LogP contribution in [0.25, 0.3) is 0 Å². The molecule has 0 amide bonds. The van der Waals surface area contributed by atoms with Crippen LogP contribution in [0, 0.1) is 5.92 Å². The maximum absolute atomic E-state index is 13.2. The molecule has 0 aliphatic rings. The summed E-state index contributed by atoms with van der Waals surface area (Å²) in [4.78, 5) is 3.96. The number of rotatable bonds is 9. The Balaban J connectivity index is -0.000000498. The predicted octanol–water partition coefficient (Wildman–Crippen LogP) is 9.60. The molecule has 1 rings (SSSR count). The number of hydrogen-bond donors (Lipinski definition) is 1. The van der Waals surface area contributed by atoms with Crippen LogP contribution in [-0.4, -0.2) is 16.7 Å². The van der Waals surface area contributed by atoms with Crippen molar-refractivity contribution in [2.45, 2.75) is 120 Å². The van der Waals surface area contributed by atoms with Gasteiger partial charge in [0.15, 0.2) is 0 Å². The molecule has 0 aliphatic heterocycles. The van der Waals surface area contributed by atoms with Crippen LogP contribution in [0.15, 0.2) is 41.0 Å². The Bertz CT molecular complexity index is 580. The van der Waals surface area contributed by atoms with Crippen LogP contribution in [0.2, 0.25) is 0 Å². The summed E-state index contributed by atoms with van der Waals surface area (Å²) < 4.78 is 26.3. The first-order valence-electron chi connectivity index (χ1n) is 12.4. The number of allylic oxidation sites excluding steroid dienone is 2. The number of aliphatic imine (C=N–C) groups is 1. The predicted molar refractivity (Wildman–Crippen MR) is 140 cm³/mol. The number of aliphatic hydroxyl groups excluding tert-OH is 1. The van der Waals surface area contributed by atoms with Crippen LogP contribution in [0.4, 0.5) is 8.78 Å². The highest BCUT2D eigenvalue weighted by Crippen LogP contribution is 2.24. The minimum atomic E-state index is -2.94. The Hall–Kier alpha value is -1.55. The molecule has 0 spiro atoms. The van der Waals surface area contributed by atoms with Gasteiger partial charge < -0.3 is 5.11 Å². The molecule has 1 aromatic carbocycles. The number of unbranched alkanes of at least 4 members (excludes halogenated alkanes) is 1. The van der Waals surface area contributed by atoms with Crippen molar-refractivity contribution in [2.24, 2.45) is 10.9 Å². The van der Waals surface area contributed by atoms with E-state index in [1.165, 1.54) is 44.6 Å². The Morgan fingerprint density at radius 1 is 0.969 bits per heavy atom. The molecule has 0 saturated carbocycles. The molecule has 1 N–H and O–H groups in total. The molecule has 32 heavy (non-hydrogen) atoms. The average molecular weight is 456 g/mol. The van der Waals surface area contributed by atoms with Gasteiger partial charge in [-0.05, 0) is 30.9 Å². The van der Waals surface area contributed by atoms with Crippen LogP contribution in [0.5, 0.6) is 0 Å². The molecule has 0 aromatic heterocycles. The molecule has 188 valence electrons. The quantitative estimate of drug-likeness (QED) is 0.369. The first kappa shape index (κ1) is 35.0. The first-order valence-corrected chi connectivity index (χ1v) is 12.4. The zero-order chi connectivity index (χ0) is 25.6. The molecule has 0 radical (unpaired) electrons. The van der Waals surface area contributed by atoms with Gasteiger partial charge in [0.05, 0.1) is 6.61 Å². The number of halogens is 2. The van der Waals surface area contributed by atoms with Gasteiger partial charge >= 0.3 is 0 Å². The molecule has 0 unspecified atom stereocenters. The molecule has 0 bridgehead atoms. The number of benzene rings is 1. The van der Waals surface area contributed by atoms with Crippen molar-refractivity contribution < 1.29 is 13.9 Å². The van der Waals surface area contributed by atoms with E-state index in [1.54, 1.807) is 38.1 Å². The van der Waals surface area contributed by atoms with Crippen molar-refractivity contribution in [3.05, 3.63) is 47.2 Å². The van der Waals surface area contributed by atoms with Crippen molar-refractivity contribution >= 4 is 5.71 Å². The fraction of sp³-hybridized carbons (Fsp3) is 0.679. The Kier molecular flexibility index (Phi) is 24.8. The maximum Gasteiger partial charge on any atom is 0.286 e. The van der Waals surface area contributed by atoms with Crippen molar-refractivity contribution in [1.82, 2.24) is 0 Å². The Morgan fingerprint density at radius 3 is 1.69 bits per heavy atom. The van der Waals surface area contributed by atoms with E-state index in [-0.39, 0.29) is 12.3 Å². The van der Waals surface area contributed by atoms with Crippen molar-refractivity contribution in [3.63, 3.8) is 0 Å². The van der Waals surface area contributed by atoms with Gasteiger partial charge in [0, 0.05) is 12.6 Å². The van der Waals surface area contributed by atoms with Crippen LogP contribution < -0.4 is 0 Å². The van der Waals surface area contributed by atoms with Gasteiger partial charge in [-0.2, -0.15) is 8.78 Å². The van der Waals surface area contributed by atoms with Gasteiger partial charge in [-0.25, -0.2) is 0 Å². The lowest BCUT2D eigenvalue weighted by atomic mass is 9.98. The van der Waals surface area contributed by atoms with E-state index >= 15 is 0 Å². The summed E-state index contributed by atoms with van der Waals surface area (Å²) in [7, 11) is 0. The highest BCUT2D eigenvalue weighted by molar-refractivity contribution is 5.99. The molecule has 4 heteroatoms. The van der Waals surface area contributed by atoms with E-state index in [0.29, 0.717) is 5.71 Å². The summed E-state index contributed by atoms with van der Waals surface area (Å²) in [5.74, 6) is -1.94. The summed E-state index contributed by atoms with van der Waals surface area (Å²) in [6, 6.07) is 7.00. The van der Waals surface area contributed by atoms with Crippen LogP contribution >= 0.6 is 0 Å². The third kappa shape index (κ3) is 18.1. The van der Waals surface area contributed by atoms with Crippen LogP contribution in [0.3, 0.4) is 0 Å². The standard InChI is InChI=1S/C14H17F2NO.C8H18.C4H10.C2H6/c1-4-13(14(3,15)16)17-10(2)12-7-5-11(9-18)6-8-12;1-4-7-8(5-2)6-3;1-3-4-2;1-2/h4-8,18H,9H2,1-3H3;8H,4-7H2,1-3H3;3-4H2,1-2H3;1-2H3/b13-4-,17-10?;;;. The summed E-state index contributed by atoms with van der Waals surface area (Å²) in [6.45, 7) is 19.2. The fourth-order valence-electron chi connectivity index (χ4n) is 2.62. The summed E-state index contributed by atoms with van der Waals surface area (Å²) in [5.41, 5.74) is 1.81. The number of aliphatic hydroxyl groups is 1. The largest absolute Gasteiger partial charge is 0.392 e. The molecule has 0 aliphatic carbocycles. The maximum atomic E-state index is 13.2. The van der Waals surface area contributed by atoms with E-state index in [0.717, 1.165) is 24.0 Å². The van der Waals surface area contributed by atoms with Crippen molar-refractivity contribution in [2.75, 3.05) is 0 Å². The second-order valence-corrected chi connectivity index (χ2v) is 7.59. The third-order valence-electron chi connectivity index (χ3n) is 4.92. The highest BCUT2D eigenvalue weighted by Gasteiger charge is 2.26. The second kappa shape index (κ2) is 22.6. The van der Waals surface area contributed by atoms with Gasteiger partial charge in [-0.15, -0.1) is 0 Å². The SMILES string of the molecule is C/C=C(\N=C(C)c1ccc(CO)cc1)C(C)(F)F.CC.CCCC.CCCC(CC)CC. The molecule has 1 aromatic rings. The molecular weight excluding hydrogens is 404 g/mol. The van der Waals surface area contributed by atoms with E-state index < -0.39 is 5.92 Å². The van der Waals surface area contributed by atoms with E-state index in [4.69, 9.17) is 5.11 Å². The minimum absolute atomic E-state index is 0.0381. The molecule has 0 atom stereocenters. The second-order valence-electron chi connectivity index (χ2n) is 7.59. The summed E-state index contributed by atoms with van der Waals surface area (Å²) >= 11 is 0. The normalized spacial score (nSPS) is 11.6. The lowest BCUT2D eigenvalue weighted by Gasteiger charge is -2.12. The first-order chi connectivity index (χ1) is 15.1. The molecule has 2 nitrogen and oxygen atoms in total. The van der Waals surface area contributed by atoms with Crippen LogP contribution in [-0.2, 0) is 6.61 Å². The van der Waals surface area contributed by atoms with Gasteiger partial charge in [-0.3, -0.25) is 4.99 Å². The Labute approximate surface area is 198 Å². The monoisotopic (exact) mass is 455 g/mol. The Morgan fingerprint density at radius 2 is 1.44 bits per heavy atom. The van der Waals surface area contributed by atoms with E-state index in [2.05, 4.69) is 39.6 Å². The average Bonchev–Trinajstić information content (AvgIpc) is 2.81. The highest BCUT2D eigenvalue weighted by atomic mass is 19.3. The van der Waals surface area contributed by atoms with Gasteiger partial charge in [0.2, 0.25) is 0 Å². The van der Waals surface area contributed by atoms with E-state index in [1.807, 2.05) is 13.8 Å². The topological polar surface area (TPSA) is 32.6 Å². The molecular formula is C28H51F2NO. The number of nitrogens with zero attached hydrogens (tertiary/aromatic N) is 1. The van der Waals surface area contributed by atoms with Crippen molar-refractivity contribution in [1.29, 1.82) is 0 Å². The summed E-state index contributed by atoms with van der Waals surface area (Å²) in [5, 5.41) is 8.92. The fourth-order valence-corrected chi connectivity index (χ4v) is 2.62. The number of alkyl halides is 2. The van der Waals surface area contributed by atoms with Crippen LogP contribution in [0.1, 0.15) is 119 Å². The molecule has 0 heterocycles. The third-order valence-corrected chi connectivity index (χ3v) is 4.92. The minimum Gasteiger partial charge on any atom is -0.392 e. The van der Waals surface area contributed by atoms with Gasteiger partial charge in [0.1, 0.15) is 5.70 Å². The zero-order valence-electron chi connectivity index (χ0n) is 22.6. The molecule has 0 fully saturated rings. The number of hydrogen-bond acceptors (Lipinski definition) is 2. The van der Waals surface area contributed by atoms with Gasteiger partial charge in [0.25, 0.3) is 5.92 Å². The lowest BCUT2D eigenvalue weighted by molar-refractivity contribution is 0.0620. The summed E-state index contributed by atoms with van der Waals surface area (Å²) in [6.07, 6.45) is 9.46. The smallest absolute Gasteiger partial charge is 0.286 e. The zero-order valence-corrected chi connectivity index (χ0v) is 22.6. The lowest BCUT2D eigenvalue weighted by Crippen LogP contribution is -2.13. The van der Waals surface area contributed by atoms with Gasteiger partial charge in [-0.1, -0.05) is 117 Å². The molecule has 0 saturated heterocycles. The van der Waals surface area contributed by atoms with Crippen molar-refractivity contribution in [3.8, 4) is 0 Å². The van der Waals surface area contributed by atoms with E-state index in [9.17, 15) is 8.78 Å².